The van der Waals surface area contributed by atoms with Crippen LogP contribution in [0.5, 0.6) is 17.2 Å². The molecule has 2 heterocycles. The van der Waals surface area contributed by atoms with Crippen LogP contribution in [-0.2, 0) is 0 Å². The van der Waals surface area contributed by atoms with E-state index in [1.165, 1.54) is 11.8 Å². The third kappa shape index (κ3) is 3.61. The molecule has 0 saturated heterocycles. The van der Waals surface area contributed by atoms with Gasteiger partial charge in [0.05, 0.1) is 5.56 Å². The highest BCUT2D eigenvalue weighted by Gasteiger charge is 2.18. The Morgan fingerprint density at radius 2 is 1.88 bits per heavy atom. The van der Waals surface area contributed by atoms with Crippen molar-refractivity contribution in [1.82, 2.24) is 4.98 Å². The molecule has 0 bridgehead atoms. The minimum Gasteiger partial charge on any atom is -0.454 e. The Balaban J connectivity index is 1.55. The van der Waals surface area contributed by atoms with Crippen LogP contribution in [0.25, 0.3) is 0 Å². The quantitative estimate of drug-likeness (QED) is 0.473. The maximum atomic E-state index is 12.6. The van der Waals surface area contributed by atoms with Crippen LogP contribution in [0.1, 0.15) is 10.4 Å². The summed E-state index contributed by atoms with van der Waals surface area (Å²) in [5, 5.41) is 1.21. The Morgan fingerprint density at radius 3 is 2.73 bits per heavy atom. The number of esters is 1. The topological polar surface area (TPSA) is 57.7 Å². The Labute approximate surface area is 158 Å². The minimum absolute atomic E-state index is 0.164. The maximum Gasteiger partial charge on any atom is 0.346 e. The molecular formula is C19H12ClNO4S. The molecule has 0 fully saturated rings. The standard InChI is InChI=1S/C19H12ClNO4S/c20-12-3-6-14(7-4-12)26-18-15(2-1-9-21-18)19(22)25-13-5-8-16-17(10-13)24-11-23-16/h1-10H,11H2. The molecule has 0 aliphatic carbocycles. The SMILES string of the molecule is O=C(Oc1ccc2c(c1)OCO2)c1cccnc1Sc1ccc(Cl)cc1. The Hall–Kier alpha value is -2.70. The monoisotopic (exact) mass is 385 g/mol. The van der Waals surface area contributed by atoms with E-state index in [-0.39, 0.29) is 6.79 Å². The molecule has 26 heavy (non-hydrogen) atoms. The number of ether oxygens (including phenoxy) is 3. The summed E-state index contributed by atoms with van der Waals surface area (Å²) >= 11 is 7.28. The molecule has 4 rings (SSSR count). The zero-order valence-electron chi connectivity index (χ0n) is 13.3. The molecule has 1 aromatic heterocycles. The lowest BCUT2D eigenvalue weighted by molar-refractivity contribution is 0.0730. The fraction of sp³-hybridized carbons (Fsp3) is 0.0526. The van der Waals surface area contributed by atoms with Gasteiger partial charge in [-0.1, -0.05) is 23.4 Å². The molecule has 5 nitrogen and oxygen atoms in total. The Bertz CT molecular complexity index is 962. The molecule has 1 aliphatic heterocycles. The number of hydrogen-bond acceptors (Lipinski definition) is 6. The van der Waals surface area contributed by atoms with Crippen LogP contribution in [0.2, 0.25) is 5.02 Å². The number of carbonyl (C=O) groups excluding carboxylic acids is 1. The summed E-state index contributed by atoms with van der Waals surface area (Å²) in [4.78, 5) is 17.8. The predicted molar refractivity (Wildman–Crippen MR) is 97.3 cm³/mol. The van der Waals surface area contributed by atoms with Gasteiger partial charge in [0.25, 0.3) is 0 Å². The number of carbonyl (C=O) groups is 1. The number of halogens is 1. The molecular weight excluding hydrogens is 374 g/mol. The highest BCUT2D eigenvalue weighted by Crippen LogP contribution is 2.36. The first-order valence-electron chi connectivity index (χ1n) is 7.69. The fourth-order valence-electron chi connectivity index (χ4n) is 2.34. The van der Waals surface area contributed by atoms with Crippen molar-refractivity contribution < 1.29 is 19.0 Å². The van der Waals surface area contributed by atoms with Gasteiger partial charge in [0.2, 0.25) is 6.79 Å². The van der Waals surface area contributed by atoms with Crippen molar-refractivity contribution in [2.75, 3.05) is 6.79 Å². The number of nitrogens with zero attached hydrogens (tertiary/aromatic N) is 1. The molecule has 0 N–H and O–H groups in total. The second-order valence-electron chi connectivity index (χ2n) is 5.32. The van der Waals surface area contributed by atoms with Crippen molar-refractivity contribution in [3.05, 3.63) is 71.4 Å². The third-order valence-corrected chi connectivity index (χ3v) is 4.85. The summed E-state index contributed by atoms with van der Waals surface area (Å²) in [7, 11) is 0. The van der Waals surface area contributed by atoms with E-state index in [0.29, 0.717) is 32.9 Å². The first kappa shape index (κ1) is 16.8. The number of pyridine rings is 1. The van der Waals surface area contributed by atoms with Gasteiger partial charge in [-0.3, -0.25) is 0 Å². The van der Waals surface area contributed by atoms with Crippen molar-refractivity contribution in [1.29, 1.82) is 0 Å². The van der Waals surface area contributed by atoms with E-state index >= 15 is 0 Å². The highest BCUT2D eigenvalue weighted by molar-refractivity contribution is 7.99. The van der Waals surface area contributed by atoms with Crippen molar-refractivity contribution in [3.8, 4) is 17.2 Å². The molecule has 3 aromatic rings. The largest absolute Gasteiger partial charge is 0.454 e. The number of fused-ring (bicyclic) bond motifs is 1. The molecule has 7 heteroatoms. The molecule has 130 valence electrons. The van der Waals surface area contributed by atoms with Gasteiger partial charge in [-0.05, 0) is 48.5 Å². The normalized spacial score (nSPS) is 12.0. The zero-order valence-corrected chi connectivity index (χ0v) is 14.9. The van der Waals surface area contributed by atoms with Crippen LogP contribution in [0.4, 0.5) is 0 Å². The summed E-state index contributed by atoms with van der Waals surface area (Å²) < 4.78 is 16.0. The zero-order chi connectivity index (χ0) is 17.9. The van der Waals surface area contributed by atoms with Crippen LogP contribution in [-0.4, -0.2) is 17.7 Å². The molecule has 2 aromatic carbocycles. The second-order valence-corrected chi connectivity index (χ2v) is 6.82. The Morgan fingerprint density at radius 1 is 1.08 bits per heavy atom. The average Bonchev–Trinajstić information content (AvgIpc) is 3.12. The van der Waals surface area contributed by atoms with E-state index in [1.54, 1.807) is 48.7 Å². The van der Waals surface area contributed by atoms with Crippen LogP contribution in [0.3, 0.4) is 0 Å². The van der Waals surface area contributed by atoms with Gasteiger partial charge < -0.3 is 14.2 Å². The maximum absolute atomic E-state index is 12.6. The predicted octanol–water partition coefficient (Wildman–Crippen LogP) is 4.83. The third-order valence-electron chi connectivity index (χ3n) is 3.57. The first-order valence-corrected chi connectivity index (χ1v) is 8.89. The van der Waals surface area contributed by atoms with E-state index < -0.39 is 5.97 Å². The fourth-order valence-corrected chi connectivity index (χ4v) is 3.34. The smallest absolute Gasteiger partial charge is 0.346 e. The number of aromatic nitrogens is 1. The second kappa shape index (κ2) is 7.27. The van der Waals surface area contributed by atoms with Gasteiger partial charge in [0.15, 0.2) is 11.5 Å². The summed E-state index contributed by atoms with van der Waals surface area (Å²) in [5.74, 6) is 1.07. The first-order chi connectivity index (χ1) is 12.7. The van der Waals surface area contributed by atoms with E-state index in [4.69, 9.17) is 25.8 Å². The van der Waals surface area contributed by atoms with E-state index in [9.17, 15) is 4.79 Å². The van der Waals surface area contributed by atoms with Gasteiger partial charge in [0.1, 0.15) is 10.8 Å². The van der Waals surface area contributed by atoms with Gasteiger partial charge in [0, 0.05) is 22.2 Å². The van der Waals surface area contributed by atoms with Gasteiger partial charge in [-0.2, -0.15) is 0 Å². The van der Waals surface area contributed by atoms with Crippen LogP contribution in [0, 0.1) is 0 Å². The molecule has 0 amide bonds. The molecule has 0 unspecified atom stereocenters. The van der Waals surface area contributed by atoms with E-state index in [0.717, 1.165) is 4.90 Å². The van der Waals surface area contributed by atoms with Gasteiger partial charge >= 0.3 is 5.97 Å². The van der Waals surface area contributed by atoms with Crippen molar-refractivity contribution in [3.63, 3.8) is 0 Å². The number of benzene rings is 2. The molecule has 0 radical (unpaired) electrons. The van der Waals surface area contributed by atoms with Gasteiger partial charge in [-0.15, -0.1) is 0 Å². The molecule has 0 saturated carbocycles. The van der Waals surface area contributed by atoms with E-state index in [1.807, 2.05) is 12.1 Å². The number of hydrogen-bond donors (Lipinski definition) is 0. The molecule has 0 spiro atoms. The minimum atomic E-state index is -0.492. The van der Waals surface area contributed by atoms with E-state index in [2.05, 4.69) is 4.98 Å². The van der Waals surface area contributed by atoms with Crippen molar-refractivity contribution in [2.24, 2.45) is 0 Å². The van der Waals surface area contributed by atoms with Crippen LogP contribution < -0.4 is 14.2 Å². The lowest BCUT2D eigenvalue weighted by atomic mass is 10.3. The highest BCUT2D eigenvalue weighted by atomic mass is 35.5. The van der Waals surface area contributed by atoms with Gasteiger partial charge in [-0.25, -0.2) is 9.78 Å². The lowest BCUT2D eigenvalue weighted by Crippen LogP contribution is -2.10. The molecule has 1 aliphatic rings. The summed E-state index contributed by atoms with van der Waals surface area (Å²) in [6, 6.07) is 15.7. The number of rotatable bonds is 4. The molecule has 0 atom stereocenters. The summed E-state index contributed by atoms with van der Waals surface area (Å²) in [6.07, 6.45) is 1.63. The van der Waals surface area contributed by atoms with Crippen LogP contribution in [0.15, 0.2) is 70.7 Å². The summed E-state index contributed by atoms with van der Waals surface area (Å²) in [5.41, 5.74) is 0.380. The van der Waals surface area contributed by atoms with Crippen LogP contribution >= 0.6 is 23.4 Å². The lowest BCUT2D eigenvalue weighted by Gasteiger charge is -2.09. The Kier molecular flexibility index (Phi) is 4.69. The van der Waals surface area contributed by atoms with Crippen molar-refractivity contribution >= 4 is 29.3 Å². The average molecular weight is 386 g/mol. The summed E-state index contributed by atoms with van der Waals surface area (Å²) in [6.45, 7) is 0.164. The van der Waals surface area contributed by atoms with Crippen molar-refractivity contribution in [2.45, 2.75) is 9.92 Å².